The fourth-order valence-corrected chi connectivity index (χ4v) is 3.84. The molecule has 140 valence electrons. The summed E-state index contributed by atoms with van der Waals surface area (Å²) in [5.41, 5.74) is 6.95. The van der Waals surface area contributed by atoms with E-state index in [1.54, 1.807) is 24.4 Å². The maximum Gasteiger partial charge on any atom is 0.203 e. The van der Waals surface area contributed by atoms with E-state index in [1.165, 1.54) is 11.3 Å². The first-order chi connectivity index (χ1) is 13.6. The molecule has 5 nitrogen and oxygen atoms in total. The van der Waals surface area contributed by atoms with Crippen LogP contribution in [0.2, 0.25) is 10.0 Å². The summed E-state index contributed by atoms with van der Waals surface area (Å²) in [5, 5.41) is 12.0. The highest BCUT2D eigenvalue weighted by Gasteiger charge is 2.19. The summed E-state index contributed by atoms with van der Waals surface area (Å²) in [4.78, 5) is 4.60. The Balaban J connectivity index is 1.58. The predicted molar refractivity (Wildman–Crippen MR) is 115 cm³/mol. The number of nitrogens with zero attached hydrogens (tertiary/aromatic N) is 3. The summed E-state index contributed by atoms with van der Waals surface area (Å²) in [6.07, 6.45) is 1.58. The van der Waals surface area contributed by atoms with Crippen LogP contribution >= 0.6 is 34.5 Å². The van der Waals surface area contributed by atoms with Crippen LogP contribution in [0.25, 0.3) is 22.5 Å². The van der Waals surface area contributed by atoms with E-state index in [9.17, 15) is 0 Å². The third-order valence-electron chi connectivity index (χ3n) is 4.02. The smallest absolute Gasteiger partial charge is 0.203 e. The average molecular weight is 429 g/mol. The van der Waals surface area contributed by atoms with Gasteiger partial charge in [0.05, 0.1) is 27.5 Å². The van der Waals surface area contributed by atoms with Gasteiger partial charge in [0.2, 0.25) is 5.13 Å². The van der Waals surface area contributed by atoms with E-state index in [-0.39, 0.29) is 0 Å². The van der Waals surface area contributed by atoms with Crippen molar-refractivity contribution >= 4 is 45.9 Å². The molecular weight excluding hydrogens is 415 g/mol. The number of hydrogen-bond donors (Lipinski definition) is 1. The van der Waals surface area contributed by atoms with Crippen LogP contribution in [0.3, 0.4) is 0 Å². The Bertz CT molecular complexity index is 1120. The third-order valence-corrected chi connectivity index (χ3v) is 5.43. The van der Waals surface area contributed by atoms with Gasteiger partial charge in [-0.05, 0) is 19.1 Å². The first-order valence-corrected chi connectivity index (χ1v) is 9.97. The second-order valence-corrected chi connectivity index (χ2v) is 7.54. The Hall–Kier alpha value is -2.67. The molecule has 2 heterocycles. The minimum Gasteiger partial charge on any atom is -0.360 e. The van der Waals surface area contributed by atoms with Gasteiger partial charge in [-0.2, -0.15) is 5.10 Å². The number of halogens is 2. The number of benzene rings is 2. The quantitative estimate of drug-likeness (QED) is 0.290. The van der Waals surface area contributed by atoms with Gasteiger partial charge in [-0.1, -0.05) is 64.8 Å². The molecule has 0 spiro atoms. The molecule has 0 aliphatic heterocycles. The molecule has 2 aromatic heterocycles. The van der Waals surface area contributed by atoms with E-state index in [0.717, 1.165) is 22.5 Å². The van der Waals surface area contributed by atoms with Crippen LogP contribution in [-0.2, 0) is 0 Å². The summed E-state index contributed by atoms with van der Waals surface area (Å²) in [5.74, 6) is 0.710. The van der Waals surface area contributed by atoms with Crippen molar-refractivity contribution in [3.8, 4) is 22.5 Å². The van der Waals surface area contributed by atoms with Crippen LogP contribution in [0.1, 0.15) is 11.3 Å². The lowest BCUT2D eigenvalue weighted by atomic mass is 10.0. The van der Waals surface area contributed by atoms with Crippen LogP contribution in [0, 0.1) is 6.92 Å². The summed E-state index contributed by atoms with van der Waals surface area (Å²) in [6, 6.07) is 15.2. The number of hydrazone groups is 1. The van der Waals surface area contributed by atoms with Gasteiger partial charge in [0.25, 0.3) is 0 Å². The molecule has 0 unspecified atom stereocenters. The van der Waals surface area contributed by atoms with Gasteiger partial charge in [0.1, 0.15) is 11.5 Å². The van der Waals surface area contributed by atoms with Crippen molar-refractivity contribution in [1.29, 1.82) is 0 Å². The van der Waals surface area contributed by atoms with Crippen molar-refractivity contribution in [2.75, 3.05) is 5.43 Å². The van der Waals surface area contributed by atoms with Crippen molar-refractivity contribution in [2.24, 2.45) is 5.10 Å². The zero-order valence-electron chi connectivity index (χ0n) is 14.7. The zero-order valence-corrected chi connectivity index (χ0v) is 17.0. The Morgan fingerprint density at radius 2 is 1.82 bits per heavy atom. The molecule has 0 fully saturated rings. The van der Waals surface area contributed by atoms with Crippen LogP contribution in [0.15, 0.2) is 63.5 Å². The van der Waals surface area contributed by atoms with Crippen LogP contribution in [0.4, 0.5) is 5.13 Å². The third kappa shape index (κ3) is 3.80. The topological polar surface area (TPSA) is 63.3 Å². The van der Waals surface area contributed by atoms with Crippen LogP contribution in [0.5, 0.6) is 0 Å². The second-order valence-electron chi connectivity index (χ2n) is 5.87. The average Bonchev–Trinajstić information content (AvgIpc) is 3.31. The maximum absolute atomic E-state index is 6.14. The Kier molecular flexibility index (Phi) is 5.43. The number of anilines is 1. The largest absolute Gasteiger partial charge is 0.360 e. The number of thiazole rings is 1. The van der Waals surface area contributed by atoms with Crippen molar-refractivity contribution in [1.82, 2.24) is 10.1 Å². The Morgan fingerprint density at radius 3 is 2.57 bits per heavy atom. The monoisotopic (exact) mass is 428 g/mol. The lowest BCUT2D eigenvalue weighted by molar-refractivity contribution is 0.400. The highest BCUT2D eigenvalue weighted by molar-refractivity contribution is 7.14. The van der Waals surface area contributed by atoms with Gasteiger partial charge in [-0.15, -0.1) is 11.3 Å². The van der Waals surface area contributed by atoms with Crippen molar-refractivity contribution in [3.05, 3.63) is 75.3 Å². The highest BCUT2D eigenvalue weighted by atomic mass is 35.5. The van der Waals surface area contributed by atoms with Crippen LogP contribution < -0.4 is 5.43 Å². The molecule has 0 saturated heterocycles. The van der Waals surface area contributed by atoms with Crippen molar-refractivity contribution in [3.63, 3.8) is 0 Å². The number of hydrogen-bond acceptors (Lipinski definition) is 6. The van der Waals surface area contributed by atoms with Gasteiger partial charge in [-0.3, -0.25) is 5.43 Å². The van der Waals surface area contributed by atoms with E-state index in [1.807, 2.05) is 42.6 Å². The van der Waals surface area contributed by atoms with Gasteiger partial charge in [0.15, 0.2) is 0 Å². The molecule has 0 saturated carbocycles. The molecule has 0 atom stereocenters. The first-order valence-electron chi connectivity index (χ1n) is 8.34. The van der Waals surface area contributed by atoms with E-state index in [2.05, 4.69) is 20.7 Å². The molecule has 0 amide bonds. The number of aryl methyl sites for hydroxylation is 1. The number of aromatic nitrogens is 2. The highest BCUT2D eigenvalue weighted by Crippen LogP contribution is 2.35. The number of nitrogens with one attached hydrogen (secondary N) is 1. The molecule has 1 N–H and O–H groups in total. The molecule has 4 rings (SSSR count). The summed E-state index contributed by atoms with van der Waals surface area (Å²) in [7, 11) is 0. The molecule has 0 radical (unpaired) electrons. The first kappa shape index (κ1) is 18.7. The summed E-state index contributed by atoms with van der Waals surface area (Å²) >= 11 is 13.7. The van der Waals surface area contributed by atoms with Gasteiger partial charge in [0, 0.05) is 16.5 Å². The molecule has 0 bridgehead atoms. The molecule has 0 aliphatic carbocycles. The van der Waals surface area contributed by atoms with Crippen LogP contribution in [-0.4, -0.2) is 16.4 Å². The molecule has 2 aromatic carbocycles. The van der Waals surface area contributed by atoms with Crippen molar-refractivity contribution < 1.29 is 4.52 Å². The molecule has 0 aliphatic rings. The van der Waals surface area contributed by atoms with Gasteiger partial charge in [-0.25, -0.2) is 4.98 Å². The minimum absolute atomic E-state index is 0.533. The zero-order chi connectivity index (χ0) is 19.5. The predicted octanol–water partition coefficient (Wildman–Crippen LogP) is 6.53. The molecule has 4 aromatic rings. The summed E-state index contributed by atoms with van der Waals surface area (Å²) < 4.78 is 5.41. The maximum atomic E-state index is 6.14. The molecule has 28 heavy (non-hydrogen) atoms. The van der Waals surface area contributed by atoms with E-state index < -0.39 is 0 Å². The molecular formula is C20H14Cl2N4OS. The van der Waals surface area contributed by atoms with Gasteiger partial charge < -0.3 is 4.52 Å². The van der Waals surface area contributed by atoms with Crippen molar-refractivity contribution in [2.45, 2.75) is 6.92 Å². The lowest BCUT2D eigenvalue weighted by Crippen LogP contribution is -1.92. The fraction of sp³-hybridized carbons (Fsp3) is 0.0500. The van der Waals surface area contributed by atoms with E-state index in [0.29, 0.717) is 26.5 Å². The second kappa shape index (κ2) is 8.14. The fourth-order valence-electron chi connectivity index (χ4n) is 2.69. The minimum atomic E-state index is 0.533. The van der Waals surface area contributed by atoms with Gasteiger partial charge >= 0.3 is 0 Å². The SMILES string of the molecule is Cc1onc(-c2ccccc2)c1-c1csc(NN=Cc2c(Cl)cccc2Cl)n1. The standard InChI is InChI=1S/C20H14Cl2N4OS/c1-12-18(19(26-27-12)13-6-3-2-4-7-13)17-11-28-20(24-17)25-23-10-14-15(21)8-5-9-16(14)22/h2-11H,1H3,(H,24,25). The Labute approximate surface area is 175 Å². The normalized spacial score (nSPS) is 11.2. The number of rotatable bonds is 5. The van der Waals surface area contributed by atoms with E-state index >= 15 is 0 Å². The summed E-state index contributed by atoms with van der Waals surface area (Å²) in [6.45, 7) is 1.87. The lowest BCUT2D eigenvalue weighted by Gasteiger charge is -2.00. The van der Waals surface area contributed by atoms with E-state index in [4.69, 9.17) is 27.7 Å². The molecule has 8 heteroatoms. The Morgan fingerprint density at radius 1 is 1.07 bits per heavy atom.